The fourth-order valence-electron chi connectivity index (χ4n) is 1.79. The van der Waals surface area contributed by atoms with Gasteiger partial charge in [-0.25, -0.2) is 9.78 Å². The van der Waals surface area contributed by atoms with Gasteiger partial charge in [-0.15, -0.1) is 0 Å². The molecule has 0 aliphatic carbocycles. The summed E-state index contributed by atoms with van der Waals surface area (Å²) in [5, 5.41) is 21.5. The zero-order valence-electron chi connectivity index (χ0n) is 10.5. The minimum atomic E-state index is -1.09. The maximum Gasteiger partial charge on any atom is 0.335 e. The highest BCUT2D eigenvalue weighted by Crippen LogP contribution is 2.20. The van der Waals surface area contributed by atoms with Gasteiger partial charge in [0.1, 0.15) is 11.0 Å². The molecule has 0 saturated heterocycles. The van der Waals surface area contributed by atoms with E-state index in [2.05, 4.69) is 10.3 Å². The Balaban J connectivity index is 2.26. The third-order valence-electron chi connectivity index (χ3n) is 2.75. The van der Waals surface area contributed by atoms with E-state index in [0.29, 0.717) is 5.82 Å². The molecule has 0 radical (unpaired) electrons. The zero-order chi connectivity index (χ0) is 14.5. The predicted octanol–water partition coefficient (Wildman–Crippen LogP) is 2.58. The number of benzene rings is 1. The topological polar surface area (TPSA) is 82.5 Å². The van der Waals surface area contributed by atoms with Crippen LogP contribution in [0.3, 0.4) is 0 Å². The van der Waals surface area contributed by atoms with Crippen LogP contribution in [0.4, 0.5) is 5.82 Å². The molecule has 6 heteroatoms. The van der Waals surface area contributed by atoms with E-state index in [0.717, 1.165) is 5.56 Å². The number of aromatic nitrogens is 1. The van der Waals surface area contributed by atoms with Crippen LogP contribution in [0.2, 0.25) is 5.15 Å². The lowest BCUT2D eigenvalue weighted by Gasteiger charge is -2.17. The Morgan fingerprint density at radius 3 is 2.60 bits per heavy atom. The summed E-state index contributed by atoms with van der Waals surface area (Å²) >= 11 is 5.79. The number of aliphatic hydroxyl groups is 1. The molecule has 0 fully saturated rings. The van der Waals surface area contributed by atoms with Crippen LogP contribution in [0.15, 0.2) is 42.5 Å². The highest BCUT2D eigenvalue weighted by Gasteiger charge is 2.13. The molecule has 1 unspecified atom stereocenters. The van der Waals surface area contributed by atoms with Crippen molar-refractivity contribution in [1.82, 2.24) is 4.98 Å². The van der Waals surface area contributed by atoms with Crippen molar-refractivity contribution >= 4 is 23.4 Å². The van der Waals surface area contributed by atoms with Crippen molar-refractivity contribution in [3.63, 3.8) is 0 Å². The van der Waals surface area contributed by atoms with Crippen LogP contribution in [-0.4, -0.2) is 27.8 Å². The molecule has 0 bridgehead atoms. The number of halogens is 1. The Morgan fingerprint density at radius 2 is 2.00 bits per heavy atom. The zero-order valence-corrected chi connectivity index (χ0v) is 11.2. The van der Waals surface area contributed by atoms with Crippen LogP contribution in [-0.2, 0) is 0 Å². The number of aliphatic hydroxyl groups excluding tert-OH is 1. The van der Waals surface area contributed by atoms with Crippen molar-refractivity contribution in [2.45, 2.75) is 6.04 Å². The number of nitrogens with one attached hydrogen (secondary N) is 1. The van der Waals surface area contributed by atoms with Gasteiger partial charge in [0.15, 0.2) is 0 Å². The summed E-state index contributed by atoms with van der Waals surface area (Å²) in [6, 6.07) is 11.6. The molecular formula is C14H13ClN2O3. The number of carboxylic acid groups (broad SMARTS) is 1. The standard InChI is InChI=1S/C14H13ClN2O3/c15-12-6-10(14(19)20)7-13(17-12)16-11(8-18)9-4-2-1-3-5-9/h1-7,11,18H,8H2,(H,16,17)(H,19,20). The number of anilines is 1. The van der Waals surface area contributed by atoms with E-state index < -0.39 is 5.97 Å². The third kappa shape index (κ3) is 3.46. The molecule has 1 atom stereocenters. The molecule has 2 rings (SSSR count). The molecule has 104 valence electrons. The maximum atomic E-state index is 11.0. The van der Waals surface area contributed by atoms with E-state index in [9.17, 15) is 9.90 Å². The van der Waals surface area contributed by atoms with Crippen molar-refractivity contribution in [1.29, 1.82) is 0 Å². The third-order valence-corrected chi connectivity index (χ3v) is 2.94. The van der Waals surface area contributed by atoms with Crippen LogP contribution < -0.4 is 5.32 Å². The summed E-state index contributed by atoms with van der Waals surface area (Å²) in [6.45, 7) is -0.152. The van der Waals surface area contributed by atoms with Crippen molar-refractivity contribution in [2.75, 3.05) is 11.9 Å². The van der Waals surface area contributed by atoms with Gasteiger partial charge in [0.2, 0.25) is 0 Å². The van der Waals surface area contributed by atoms with Gasteiger partial charge in [0.25, 0.3) is 0 Å². The van der Waals surface area contributed by atoms with E-state index in [1.165, 1.54) is 12.1 Å². The van der Waals surface area contributed by atoms with E-state index >= 15 is 0 Å². The minimum Gasteiger partial charge on any atom is -0.478 e. The first-order chi connectivity index (χ1) is 9.60. The van der Waals surface area contributed by atoms with Crippen molar-refractivity contribution in [3.8, 4) is 0 Å². The van der Waals surface area contributed by atoms with Crippen molar-refractivity contribution in [2.24, 2.45) is 0 Å². The summed E-state index contributed by atoms with van der Waals surface area (Å²) in [5.74, 6) is -0.782. The van der Waals surface area contributed by atoms with Gasteiger partial charge in [-0.2, -0.15) is 0 Å². The molecule has 2 aromatic rings. The molecule has 5 nitrogen and oxygen atoms in total. The summed E-state index contributed by atoms with van der Waals surface area (Å²) in [7, 11) is 0. The van der Waals surface area contributed by atoms with Gasteiger partial charge >= 0.3 is 5.97 Å². The first-order valence-corrected chi connectivity index (χ1v) is 6.31. The number of pyridine rings is 1. The monoisotopic (exact) mass is 292 g/mol. The molecular weight excluding hydrogens is 280 g/mol. The molecule has 0 aliphatic heterocycles. The SMILES string of the molecule is O=C(O)c1cc(Cl)nc(NC(CO)c2ccccc2)c1. The molecule has 0 spiro atoms. The molecule has 1 heterocycles. The molecule has 0 amide bonds. The molecule has 1 aromatic carbocycles. The Kier molecular flexibility index (Phi) is 4.55. The fourth-order valence-corrected chi connectivity index (χ4v) is 2.00. The molecule has 0 saturated carbocycles. The van der Waals surface area contributed by atoms with Crippen LogP contribution in [0.25, 0.3) is 0 Å². The Labute approximate surface area is 120 Å². The number of aromatic carboxylic acids is 1. The second-order valence-electron chi connectivity index (χ2n) is 4.16. The number of carbonyl (C=O) groups is 1. The lowest BCUT2D eigenvalue weighted by atomic mass is 10.1. The molecule has 20 heavy (non-hydrogen) atoms. The summed E-state index contributed by atoms with van der Waals surface area (Å²) in [6.07, 6.45) is 0. The van der Waals surface area contributed by atoms with Crippen molar-refractivity contribution < 1.29 is 15.0 Å². The summed E-state index contributed by atoms with van der Waals surface area (Å²) in [4.78, 5) is 15.0. The minimum absolute atomic E-state index is 0.0391. The Hall–Kier alpha value is -2.11. The lowest BCUT2D eigenvalue weighted by Crippen LogP contribution is -2.16. The summed E-state index contributed by atoms with van der Waals surface area (Å²) < 4.78 is 0. The second-order valence-corrected chi connectivity index (χ2v) is 4.55. The predicted molar refractivity (Wildman–Crippen MR) is 76.1 cm³/mol. The van der Waals surface area contributed by atoms with Crippen LogP contribution in [0.1, 0.15) is 22.0 Å². The van der Waals surface area contributed by atoms with E-state index in [4.69, 9.17) is 16.7 Å². The quantitative estimate of drug-likeness (QED) is 0.738. The molecule has 3 N–H and O–H groups in total. The second kappa shape index (κ2) is 6.36. The van der Waals surface area contributed by atoms with E-state index in [-0.39, 0.29) is 23.4 Å². The fraction of sp³-hybridized carbons (Fsp3) is 0.143. The normalized spacial score (nSPS) is 11.9. The Bertz CT molecular complexity index is 605. The number of rotatable bonds is 5. The highest BCUT2D eigenvalue weighted by molar-refractivity contribution is 6.29. The lowest BCUT2D eigenvalue weighted by molar-refractivity contribution is 0.0697. The largest absolute Gasteiger partial charge is 0.478 e. The molecule has 1 aromatic heterocycles. The van der Waals surface area contributed by atoms with Crippen LogP contribution in [0, 0.1) is 0 Å². The number of hydrogen-bond donors (Lipinski definition) is 3. The first kappa shape index (κ1) is 14.3. The van der Waals surface area contributed by atoms with Gasteiger partial charge < -0.3 is 15.5 Å². The average molecular weight is 293 g/mol. The Morgan fingerprint density at radius 1 is 1.30 bits per heavy atom. The van der Waals surface area contributed by atoms with Gasteiger partial charge in [0, 0.05) is 0 Å². The van der Waals surface area contributed by atoms with Crippen LogP contribution >= 0.6 is 11.6 Å². The van der Waals surface area contributed by atoms with Crippen molar-refractivity contribution in [3.05, 3.63) is 58.7 Å². The molecule has 0 aliphatic rings. The van der Waals surface area contributed by atoms with E-state index in [1.807, 2.05) is 30.3 Å². The van der Waals surface area contributed by atoms with Gasteiger partial charge in [-0.1, -0.05) is 41.9 Å². The average Bonchev–Trinajstić information content (AvgIpc) is 2.45. The first-order valence-electron chi connectivity index (χ1n) is 5.93. The number of hydrogen-bond acceptors (Lipinski definition) is 4. The van der Waals surface area contributed by atoms with Crippen LogP contribution in [0.5, 0.6) is 0 Å². The maximum absolute atomic E-state index is 11.0. The van der Waals surface area contributed by atoms with E-state index in [1.54, 1.807) is 0 Å². The van der Waals surface area contributed by atoms with Gasteiger partial charge in [-0.05, 0) is 17.7 Å². The van der Waals surface area contributed by atoms with Gasteiger partial charge in [-0.3, -0.25) is 0 Å². The number of carboxylic acids is 1. The summed E-state index contributed by atoms with van der Waals surface area (Å²) in [5.41, 5.74) is 0.908. The van der Waals surface area contributed by atoms with Gasteiger partial charge in [0.05, 0.1) is 18.2 Å². The highest BCUT2D eigenvalue weighted by atomic mass is 35.5. The smallest absolute Gasteiger partial charge is 0.335 e. The number of nitrogens with zero attached hydrogens (tertiary/aromatic N) is 1.